The van der Waals surface area contributed by atoms with Gasteiger partial charge in [-0.05, 0) is 25.0 Å². The predicted octanol–water partition coefficient (Wildman–Crippen LogP) is 1.33. The van der Waals surface area contributed by atoms with Crippen LogP contribution < -0.4 is 5.73 Å². The highest BCUT2D eigenvalue weighted by molar-refractivity contribution is 7.88. The number of benzene rings is 1. The van der Waals surface area contributed by atoms with E-state index < -0.39 is 10.0 Å². The van der Waals surface area contributed by atoms with E-state index in [-0.39, 0.29) is 11.8 Å². The van der Waals surface area contributed by atoms with Crippen molar-refractivity contribution in [2.24, 2.45) is 5.73 Å². The number of nitrogens with two attached hydrogens (primary N) is 1. The van der Waals surface area contributed by atoms with Crippen molar-refractivity contribution in [1.82, 2.24) is 4.31 Å². The highest BCUT2D eigenvalue weighted by atomic mass is 32.2. The molecule has 6 heteroatoms. The van der Waals surface area contributed by atoms with E-state index in [9.17, 15) is 8.42 Å². The average molecular weight is 300 g/mol. The smallest absolute Gasteiger partial charge is 0.218 e. The van der Waals surface area contributed by atoms with Crippen LogP contribution in [0.25, 0.3) is 0 Å². The second-order valence-electron chi connectivity index (χ2n) is 4.97. The first kappa shape index (κ1) is 17.1. The van der Waals surface area contributed by atoms with Crippen LogP contribution in [0.2, 0.25) is 0 Å². The van der Waals surface area contributed by atoms with Crippen molar-refractivity contribution in [2.45, 2.75) is 32.2 Å². The maximum atomic E-state index is 12.4. The van der Waals surface area contributed by atoms with Gasteiger partial charge in [-0.15, -0.1) is 0 Å². The third kappa shape index (κ3) is 4.86. The molecule has 0 amide bonds. The standard InChI is InChI=1S/C14H24N2O3S/c1-12(2)16(8-9-19-3)20(17,18)11-14-6-4-13(10-15)5-7-14/h4-7,12H,8-11,15H2,1-3H3. The van der Waals surface area contributed by atoms with Crippen LogP contribution in [0.5, 0.6) is 0 Å². The number of sulfonamides is 1. The lowest BCUT2D eigenvalue weighted by Crippen LogP contribution is -2.39. The first-order valence-electron chi connectivity index (χ1n) is 6.67. The third-order valence-corrected chi connectivity index (χ3v) is 5.07. The van der Waals surface area contributed by atoms with Gasteiger partial charge in [-0.25, -0.2) is 8.42 Å². The summed E-state index contributed by atoms with van der Waals surface area (Å²) in [7, 11) is -1.78. The molecule has 0 saturated carbocycles. The molecule has 1 rings (SSSR count). The highest BCUT2D eigenvalue weighted by Crippen LogP contribution is 2.14. The Labute approximate surface area is 121 Å². The van der Waals surface area contributed by atoms with Gasteiger partial charge in [-0.2, -0.15) is 4.31 Å². The van der Waals surface area contributed by atoms with E-state index in [0.717, 1.165) is 11.1 Å². The van der Waals surface area contributed by atoms with Crippen molar-refractivity contribution in [2.75, 3.05) is 20.3 Å². The molecule has 0 saturated heterocycles. The Morgan fingerprint density at radius 3 is 2.20 bits per heavy atom. The summed E-state index contributed by atoms with van der Waals surface area (Å²) in [5, 5.41) is 0. The summed E-state index contributed by atoms with van der Waals surface area (Å²) in [6, 6.07) is 7.27. The molecule has 0 unspecified atom stereocenters. The number of ether oxygens (including phenoxy) is 1. The van der Waals surface area contributed by atoms with Crippen LogP contribution >= 0.6 is 0 Å². The van der Waals surface area contributed by atoms with Crippen molar-refractivity contribution in [3.05, 3.63) is 35.4 Å². The molecule has 0 aromatic heterocycles. The van der Waals surface area contributed by atoms with E-state index in [0.29, 0.717) is 19.7 Å². The molecule has 0 bridgehead atoms. The lowest BCUT2D eigenvalue weighted by molar-refractivity contribution is 0.171. The lowest BCUT2D eigenvalue weighted by Gasteiger charge is -2.25. The van der Waals surface area contributed by atoms with Crippen molar-refractivity contribution < 1.29 is 13.2 Å². The molecular weight excluding hydrogens is 276 g/mol. The molecule has 0 fully saturated rings. The van der Waals surface area contributed by atoms with Gasteiger partial charge in [0.1, 0.15) is 0 Å². The van der Waals surface area contributed by atoms with Crippen LogP contribution in [-0.2, 0) is 27.1 Å². The summed E-state index contributed by atoms with van der Waals surface area (Å²) in [6.45, 7) is 4.95. The molecule has 0 aliphatic rings. The van der Waals surface area contributed by atoms with Crippen LogP contribution in [0.3, 0.4) is 0 Å². The van der Waals surface area contributed by atoms with Gasteiger partial charge in [0, 0.05) is 26.2 Å². The van der Waals surface area contributed by atoms with Gasteiger partial charge in [-0.3, -0.25) is 0 Å². The van der Waals surface area contributed by atoms with E-state index in [4.69, 9.17) is 10.5 Å². The molecule has 0 radical (unpaired) electrons. The monoisotopic (exact) mass is 300 g/mol. The van der Waals surface area contributed by atoms with Gasteiger partial charge in [-0.1, -0.05) is 24.3 Å². The minimum absolute atomic E-state index is 0.000252. The van der Waals surface area contributed by atoms with Gasteiger partial charge < -0.3 is 10.5 Å². The van der Waals surface area contributed by atoms with Gasteiger partial charge in [0.05, 0.1) is 12.4 Å². The maximum absolute atomic E-state index is 12.4. The Balaban J connectivity index is 2.84. The zero-order chi connectivity index (χ0) is 15.2. The molecule has 0 aliphatic heterocycles. The Morgan fingerprint density at radius 1 is 1.20 bits per heavy atom. The minimum Gasteiger partial charge on any atom is -0.383 e. The molecule has 0 aliphatic carbocycles. The summed E-state index contributed by atoms with van der Waals surface area (Å²) in [5.74, 6) is -0.000252. The van der Waals surface area contributed by atoms with Crippen LogP contribution in [-0.4, -0.2) is 39.0 Å². The lowest BCUT2D eigenvalue weighted by atomic mass is 10.1. The normalized spacial score (nSPS) is 12.3. The number of hydrogen-bond acceptors (Lipinski definition) is 4. The molecular formula is C14H24N2O3S. The van der Waals surface area contributed by atoms with Gasteiger partial charge in [0.25, 0.3) is 0 Å². The topological polar surface area (TPSA) is 72.6 Å². The minimum atomic E-state index is -3.34. The van der Waals surface area contributed by atoms with E-state index in [1.54, 1.807) is 7.11 Å². The fraction of sp³-hybridized carbons (Fsp3) is 0.571. The summed E-state index contributed by atoms with van der Waals surface area (Å²) in [4.78, 5) is 0. The first-order valence-corrected chi connectivity index (χ1v) is 8.28. The predicted molar refractivity (Wildman–Crippen MR) is 80.7 cm³/mol. The van der Waals surface area contributed by atoms with Crippen molar-refractivity contribution in [3.8, 4) is 0 Å². The zero-order valence-corrected chi connectivity index (χ0v) is 13.2. The fourth-order valence-electron chi connectivity index (χ4n) is 1.96. The Bertz CT molecular complexity index is 498. The number of nitrogens with zero attached hydrogens (tertiary/aromatic N) is 1. The molecule has 5 nitrogen and oxygen atoms in total. The summed E-state index contributed by atoms with van der Waals surface area (Å²) in [6.07, 6.45) is 0. The second-order valence-corrected chi connectivity index (χ2v) is 6.90. The number of rotatable bonds is 8. The first-order chi connectivity index (χ1) is 9.40. The molecule has 0 atom stereocenters. The average Bonchev–Trinajstić information content (AvgIpc) is 2.39. The van der Waals surface area contributed by atoms with Crippen molar-refractivity contribution >= 4 is 10.0 Å². The summed E-state index contributed by atoms with van der Waals surface area (Å²) >= 11 is 0. The van der Waals surface area contributed by atoms with Crippen LogP contribution in [0.1, 0.15) is 25.0 Å². The largest absolute Gasteiger partial charge is 0.383 e. The Kier molecular flexibility index (Phi) is 6.61. The second kappa shape index (κ2) is 7.73. The van der Waals surface area contributed by atoms with Crippen LogP contribution in [0.15, 0.2) is 24.3 Å². The fourth-order valence-corrected chi connectivity index (χ4v) is 3.74. The Morgan fingerprint density at radius 2 is 1.75 bits per heavy atom. The highest BCUT2D eigenvalue weighted by Gasteiger charge is 2.24. The maximum Gasteiger partial charge on any atom is 0.218 e. The quantitative estimate of drug-likeness (QED) is 0.786. The molecule has 1 aromatic rings. The van der Waals surface area contributed by atoms with Gasteiger partial charge in [0.15, 0.2) is 0 Å². The van der Waals surface area contributed by atoms with Crippen LogP contribution in [0.4, 0.5) is 0 Å². The molecule has 0 heterocycles. The molecule has 20 heavy (non-hydrogen) atoms. The van der Waals surface area contributed by atoms with E-state index in [1.807, 2.05) is 38.1 Å². The molecule has 2 N–H and O–H groups in total. The van der Waals surface area contributed by atoms with E-state index in [2.05, 4.69) is 0 Å². The number of methoxy groups -OCH3 is 1. The van der Waals surface area contributed by atoms with Gasteiger partial charge >= 0.3 is 0 Å². The molecule has 1 aromatic carbocycles. The zero-order valence-electron chi connectivity index (χ0n) is 12.4. The molecule has 0 spiro atoms. The Hall–Kier alpha value is -0.950. The third-order valence-electron chi connectivity index (χ3n) is 3.06. The van der Waals surface area contributed by atoms with E-state index in [1.165, 1.54) is 4.31 Å². The summed E-state index contributed by atoms with van der Waals surface area (Å²) < 4.78 is 31.4. The van der Waals surface area contributed by atoms with Crippen molar-refractivity contribution in [1.29, 1.82) is 0 Å². The van der Waals surface area contributed by atoms with Crippen LogP contribution in [0, 0.1) is 0 Å². The van der Waals surface area contributed by atoms with Crippen molar-refractivity contribution in [3.63, 3.8) is 0 Å². The summed E-state index contributed by atoms with van der Waals surface area (Å²) in [5.41, 5.74) is 7.29. The van der Waals surface area contributed by atoms with E-state index >= 15 is 0 Å². The number of hydrogen-bond donors (Lipinski definition) is 1. The SMILES string of the molecule is COCCN(C(C)C)S(=O)(=O)Cc1ccc(CN)cc1. The van der Waals surface area contributed by atoms with Gasteiger partial charge in [0.2, 0.25) is 10.0 Å². The molecule has 114 valence electrons.